The lowest BCUT2D eigenvalue weighted by molar-refractivity contribution is 0.132. The highest BCUT2D eigenvalue weighted by Gasteiger charge is 2.27. The first-order valence-electron chi connectivity index (χ1n) is 6.76. The zero-order valence-corrected chi connectivity index (χ0v) is 14.6. The van der Waals surface area contributed by atoms with Crippen molar-refractivity contribution < 1.29 is 13.2 Å². The molecule has 0 radical (unpaired) electrons. The van der Waals surface area contributed by atoms with Crippen LogP contribution in [0.4, 0.5) is 10.8 Å². The second-order valence-electron chi connectivity index (χ2n) is 5.24. The molecule has 0 fully saturated rings. The molecule has 122 valence electrons. The average Bonchev–Trinajstić information content (AvgIpc) is 2.75. The van der Waals surface area contributed by atoms with Crippen LogP contribution in [0, 0.1) is 5.92 Å². The lowest BCUT2D eigenvalue weighted by atomic mass is 10.1. The van der Waals surface area contributed by atoms with Crippen molar-refractivity contribution in [3.8, 4) is 0 Å². The Morgan fingerprint density at radius 2 is 2.05 bits per heavy atom. The van der Waals surface area contributed by atoms with Crippen molar-refractivity contribution in [3.63, 3.8) is 0 Å². The lowest BCUT2D eigenvalue weighted by Gasteiger charge is -2.13. The summed E-state index contributed by atoms with van der Waals surface area (Å²) in [7, 11) is -0.673. The number of anilines is 2. The van der Waals surface area contributed by atoms with Crippen LogP contribution in [0.3, 0.4) is 0 Å². The molecule has 0 spiro atoms. The van der Waals surface area contributed by atoms with Crippen molar-refractivity contribution in [1.82, 2.24) is 8.68 Å². The van der Waals surface area contributed by atoms with Crippen LogP contribution in [0.2, 0.25) is 0 Å². The summed E-state index contributed by atoms with van der Waals surface area (Å²) in [5.74, 6) is 0.632. The highest BCUT2D eigenvalue weighted by atomic mass is 32.2. The molecule has 0 aliphatic heterocycles. The Labute approximate surface area is 130 Å². The van der Waals surface area contributed by atoms with Gasteiger partial charge in [0.1, 0.15) is 5.00 Å². The minimum absolute atomic E-state index is 0.0249. The maximum absolute atomic E-state index is 12.2. The normalized spacial score (nSPS) is 12.3. The summed E-state index contributed by atoms with van der Waals surface area (Å²) in [4.78, 5) is 0.0414. The van der Waals surface area contributed by atoms with Crippen LogP contribution < -0.4 is 11.1 Å². The van der Waals surface area contributed by atoms with Gasteiger partial charge in [-0.2, -0.15) is 4.37 Å². The third-order valence-electron chi connectivity index (χ3n) is 2.78. The molecular formula is C12H24N4O3S2. The first-order chi connectivity index (χ1) is 9.76. The molecule has 0 aromatic carbocycles. The molecule has 7 nitrogen and oxygen atoms in total. The van der Waals surface area contributed by atoms with Gasteiger partial charge in [-0.15, -0.1) is 0 Å². The minimum atomic E-state index is -3.60. The lowest BCUT2D eigenvalue weighted by Crippen LogP contribution is -2.24. The number of rotatable bonds is 9. The SMILES string of the molecule is CC(C)CCOCCNc1snc(N)c1S(=O)(=O)N(C)C. The van der Waals surface area contributed by atoms with Crippen LogP contribution >= 0.6 is 11.5 Å². The van der Waals surface area contributed by atoms with Crippen molar-refractivity contribution in [3.05, 3.63) is 0 Å². The summed E-state index contributed by atoms with van der Waals surface area (Å²) in [6.07, 6.45) is 1.01. The molecule has 0 unspecified atom stereocenters. The van der Waals surface area contributed by atoms with Gasteiger partial charge < -0.3 is 15.8 Å². The predicted molar refractivity (Wildman–Crippen MR) is 86.2 cm³/mol. The van der Waals surface area contributed by atoms with Crippen LogP contribution in [0.15, 0.2) is 4.90 Å². The molecule has 1 heterocycles. The highest BCUT2D eigenvalue weighted by Crippen LogP contribution is 2.32. The minimum Gasteiger partial charge on any atom is -0.382 e. The second-order valence-corrected chi connectivity index (χ2v) is 8.10. The van der Waals surface area contributed by atoms with Crippen molar-refractivity contribution in [1.29, 1.82) is 0 Å². The Balaban J connectivity index is 2.58. The van der Waals surface area contributed by atoms with E-state index in [9.17, 15) is 8.42 Å². The number of aromatic nitrogens is 1. The van der Waals surface area contributed by atoms with Crippen LogP contribution in [0.25, 0.3) is 0 Å². The third kappa shape index (κ3) is 5.10. The maximum atomic E-state index is 12.2. The van der Waals surface area contributed by atoms with Gasteiger partial charge in [0, 0.05) is 27.2 Å². The average molecular weight is 336 g/mol. The van der Waals surface area contributed by atoms with Crippen molar-refractivity contribution in [2.24, 2.45) is 5.92 Å². The third-order valence-corrected chi connectivity index (χ3v) is 5.62. The molecule has 0 saturated carbocycles. The number of nitrogen functional groups attached to an aromatic ring is 1. The first-order valence-corrected chi connectivity index (χ1v) is 8.97. The van der Waals surface area contributed by atoms with Gasteiger partial charge in [-0.1, -0.05) is 13.8 Å². The van der Waals surface area contributed by atoms with E-state index in [1.807, 2.05) is 0 Å². The van der Waals surface area contributed by atoms with Gasteiger partial charge in [-0.3, -0.25) is 0 Å². The topological polar surface area (TPSA) is 97.5 Å². The Kier molecular flexibility index (Phi) is 6.85. The van der Waals surface area contributed by atoms with E-state index in [1.54, 1.807) is 0 Å². The first kappa shape index (κ1) is 18.1. The summed E-state index contributed by atoms with van der Waals surface area (Å²) in [5, 5.41) is 3.48. The summed E-state index contributed by atoms with van der Waals surface area (Å²) in [6.45, 7) is 5.99. The summed E-state index contributed by atoms with van der Waals surface area (Å²) in [5.41, 5.74) is 5.67. The number of hydrogen-bond acceptors (Lipinski definition) is 7. The van der Waals surface area contributed by atoms with Crippen LogP contribution in [0.5, 0.6) is 0 Å². The van der Waals surface area contributed by atoms with Crippen molar-refractivity contribution in [2.75, 3.05) is 44.9 Å². The largest absolute Gasteiger partial charge is 0.382 e. The number of nitrogens with two attached hydrogens (primary N) is 1. The van der Waals surface area contributed by atoms with Gasteiger partial charge in [-0.05, 0) is 23.9 Å². The molecule has 1 aromatic heterocycles. The Hall–Kier alpha value is -0.900. The Bertz CT molecular complexity index is 541. The van der Waals surface area contributed by atoms with E-state index in [2.05, 4.69) is 23.5 Å². The standard InChI is InChI=1S/C12H24N4O3S2/c1-9(2)5-7-19-8-6-14-12-10(11(13)15-20-12)21(17,18)16(3)4/h9,14H,5-8H2,1-4H3,(H2,13,15). The zero-order chi connectivity index (χ0) is 16.0. The zero-order valence-electron chi connectivity index (χ0n) is 12.9. The fraction of sp³-hybridized carbons (Fsp3) is 0.750. The monoisotopic (exact) mass is 336 g/mol. The molecule has 9 heteroatoms. The Morgan fingerprint density at radius 3 is 2.62 bits per heavy atom. The van der Waals surface area contributed by atoms with E-state index in [4.69, 9.17) is 10.5 Å². The molecular weight excluding hydrogens is 312 g/mol. The Morgan fingerprint density at radius 1 is 1.38 bits per heavy atom. The summed E-state index contributed by atoms with van der Waals surface area (Å²) >= 11 is 1.04. The molecule has 1 rings (SSSR count). The van der Waals surface area contributed by atoms with Gasteiger partial charge in [0.25, 0.3) is 0 Å². The summed E-state index contributed by atoms with van der Waals surface area (Å²) < 4.78 is 34.9. The highest BCUT2D eigenvalue weighted by molar-refractivity contribution is 7.89. The van der Waals surface area contributed by atoms with E-state index >= 15 is 0 Å². The molecule has 3 N–H and O–H groups in total. The molecule has 0 bridgehead atoms. The van der Waals surface area contributed by atoms with Gasteiger partial charge in [-0.25, -0.2) is 12.7 Å². The number of nitrogens with one attached hydrogen (secondary N) is 1. The molecule has 1 aromatic rings. The number of hydrogen-bond donors (Lipinski definition) is 2. The van der Waals surface area contributed by atoms with Gasteiger partial charge in [0.2, 0.25) is 10.0 Å². The van der Waals surface area contributed by atoms with Crippen LogP contribution in [-0.4, -0.2) is 51.0 Å². The smallest absolute Gasteiger partial charge is 0.249 e. The molecule has 0 amide bonds. The second kappa shape index (κ2) is 7.92. The van der Waals surface area contributed by atoms with Crippen LogP contribution in [-0.2, 0) is 14.8 Å². The fourth-order valence-corrected chi connectivity index (χ4v) is 3.60. The van der Waals surface area contributed by atoms with Gasteiger partial charge >= 0.3 is 0 Å². The number of sulfonamides is 1. The number of ether oxygens (including phenoxy) is 1. The van der Waals surface area contributed by atoms with Crippen LogP contribution in [0.1, 0.15) is 20.3 Å². The molecule has 0 saturated heterocycles. The van der Waals surface area contributed by atoms with E-state index in [0.717, 1.165) is 22.3 Å². The van der Waals surface area contributed by atoms with Gasteiger partial charge in [0.15, 0.2) is 10.7 Å². The molecule has 0 aliphatic carbocycles. The summed E-state index contributed by atoms with van der Waals surface area (Å²) in [6, 6.07) is 0. The molecule has 0 atom stereocenters. The van der Waals surface area contributed by atoms with Gasteiger partial charge in [0.05, 0.1) is 6.61 Å². The quantitative estimate of drug-likeness (QED) is 0.662. The van der Waals surface area contributed by atoms with Crippen molar-refractivity contribution in [2.45, 2.75) is 25.2 Å². The van der Waals surface area contributed by atoms with E-state index in [1.165, 1.54) is 14.1 Å². The van der Waals surface area contributed by atoms with Crippen molar-refractivity contribution >= 4 is 32.4 Å². The molecule has 21 heavy (non-hydrogen) atoms. The van der Waals surface area contributed by atoms with E-state index < -0.39 is 10.0 Å². The fourth-order valence-electron chi connectivity index (χ4n) is 1.50. The predicted octanol–water partition coefficient (Wildman–Crippen LogP) is 1.45. The van der Waals surface area contributed by atoms with E-state index in [0.29, 0.717) is 30.7 Å². The maximum Gasteiger partial charge on any atom is 0.249 e. The number of nitrogens with zero attached hydrogens (tertiary/aromatic N) is 2. The molecule has 0 aliphatic rings. The van der Waals surface area contributed by atoms with E-state index in [-0.39, 0.29) is 10.7 Å².